The lowest BCUT2D eigenvalue weighted by Crippen LogP contribution is -2.47. The maximum absolute atomic E-state index is 6.02. The summed E-state index contributed by atoms with van der Waals surface area (Å²) in [5.41, 5.74) is 2.59. The molecule has 2 aliphatic rings. The Bertz CT molecular complexity index is 781. The van der Waals surface area contributed by atoms with Crippen molar-refractivity contribution in [2.24, 2.45) is 4.99 Å². The predicted molar refractivity (Wildman–Crippen MR) is 116 cm³/mol. The van der Waals surface area contributed by atoms with Gasteiger partial charge in [0.1, 0.15) is 11.9 Å². The molecule has 2 unspecified atom stereocenters. The summed E-state index contributed by atoms with van der Waals surface area (Å²) in [6.07, 6.45) is 1.07. The fourth-order valence-electron chi connectivity index (χ4n) is 4.01. The van der Waals surface area contributed by atoms with E-state index in [0.717, 1.165) is 57.5 Å². The second-order valence-electron chi connectivity index (χ2n) is 7.46. The highest BCUT2D eigenvalue weighted by Crippen LogP contribution is 2.27. The third-order valence-electron chi connectivity index (χ3n) is 5.57. The lowest BCUT2D eigenvalue weighted by Gasteiger charge is -2.35. The van der Waals surface area contributed by atoms with Crippen molar-refractivity contribution >= 4 is 5.96 Å². The third kappa shape index (κ3) is 5.08. The van der Waals surface area contributed by atoms with Crippen LogP contribution in [0.3, 0.4) is 0 Å². The molecule has 0 bridgehead atoms. The Labute approximate surface area is 172 Å². The number of hydrogen-bond acceptors (Lipinski definition) is 4. The van der Waals surface area contributed by atoms with Crippen LogP contribution in [0.1, 0.15) is 17.2 Å². The van der Waals surface area contributed by atoms with Gasteiger partial charge in [0.2, 0.25) is 0 Å². The molecule has 29 heavy (non-hydrogen) atoms. The van der Waals surface area contributed by atoms with Crippen LogP contribution in [0.4, 0.5) is 0 Å². The van der Waals surface area contributed by atoms with Crippen molar-refractivity contribution in [1.82, 2.24) is 15.5 Å². The molecule has 1 saturated heterocycles. The van der Waals surface area contributed by atoms with E-state index in [-0.39, 0.29) is 12.1 Å². The Balaban J connectivity index is 1.32. The van der Waals surface area contributed by atoms with Crippen LogP contribution in [0.15, 0.2) is 59.6 Å². The predicted octanol–water partition coefficient (Wildman–Crippen LogP) is 2.23. The molecule has 4 rings (SSSR count). The topological polar surface area (TPSA) is 58.1 Å². The second kappa shape index (κ2) is 9.76. The van der Waals surface area contributed by atoms with Gasteiger partial charge in [-0.05, 0) is 17.2 Å². The molecule has 2 atom stereocenters. The number of guanidine groups is 1. The molecule has 2 aliphatic heterocycles. The van der Waals surface area contributed by atoms with Gasteiger partial charge in [-0.25, -0.2) is 0 Å². The molecule has 2 heterocycles. The fraction of sp³-hybridized carbons (Fsp3) is 0.435. The maximum Gasteiger partial charge on any atom is 0.191 e. The van der Waals surface area contributed by atoms with Gasteiger partial charge in [0, 0.05) is 33.1 Å². The molecule has 0 aliphatic carbocycles. The molecular formula is C23H30N4O2. The molecule has 2 N–H and O–H groups in total. The van der Waals surface area contributed by atoms with Crippen LogP contribution in [0.5, 0.6) is 5.75 Å². The van der Waals surface area contributed by atoms with Crippen LogP contribution in [0, 0.1) is 0 Å². The number of nitrogens with one attached hydrogen (secondary N) is 2. The van der Waals surface area contributed by atoms with Crippen molar-refractivity contribution < 1.29 is 9.47 Å². The molecule has 6 nitrogen and oxygen atoms in total. The molecule has 0 saturated carbocycles. The minimum Gasteiger partial charge on any atom is -0.488 e. The van der Waals surface area contributed by atoms with E-state index in [2.05, 4.69) is 63.0 Å². The molecule has 2 aromatic carbocycles. The van der Waals surface area contributed by atoms with E-state index >= 15 is 0 Å². The SMILES string of the molecule is CN=C(NCC1Cc2ccccc2O1)NCC(c1ccccc1)N1CCOCC1. The number of morpholine rings is 1. The van der Waals surface area contributed by atoms with Gasteiger partial charge in [0.05, 0.1) is 25.8 Å². The molecule has 0 spiro atoms. The van der Waals surface area contributed by atoms with Crippen molar-refractivity contribution in [2.45, 2.75) is 18.6 Å². The molecule has 1 fully saturated rings. The molecule has 6 heteroatoms. The first-order valence-corrected chi connectivity index (χ1v) is 10.4. The highest BCUT2D eigenvalue weighted by Gasteiger charge is 2.24. The summed E-state index contributed by atoms with van der Waals surface area (Å²) in [5, 5.41) is 6.94. The average molecular weight is 395 g/mol. The molecule has 154 valence electrons. The van der Waals surface area contributed by atoms with Gasteiger partial charge >= 0.3 is 0 Å². The third-order valence-corrected chi connectivity index (χ3v) is 5.57. The van der Waals surface area contributed by atoms with Gasteiger partial charge in [0.25, 0.3) is 0 Å². The van der Waals surface area contributed by atoms with Crippen LogP contribution >= 0.6 is 0 Å². The van der Waals surface area contributed by atoms with Gasteiger partial charge in [-0.3, -0.25) is 9.89 Å². The Kier molecular flexibility index (Phi) is 6.64. The van der Waals surface area contributed by atoms with E-state index < -0.39 is 0 Å². The maximum atomic E-state index is 6.02. The summed E-state index contributed by atoms with van der Waals surface area (Å²) in [6, 6.07) is 19.2. The van der Waals surface area contributed by atoms with E-state index in [0.29, 0.717) is 0 Å². The first-order chi connectivity index (χ1) is 14.3. The number of para-hydroxylation sites is 1. The quantitative estimate of drug-likeness (QED) is 0.581. The minimum atomic E-state index is 0.134. The Morgan fingerprint density at radius 2 is 1.83 bits per heavy atom. The number of aliphatic imine (C=N–C) groups is 1. The summed E-state index contributed by atoms with van der Waals surface area (Å²) in [7, 11) is 1.81. The second-order valence-corrected chi connectivity index (χ2v) is 7.46. The molecule has 0 aromatic heterocycles. The molecular weight excluding hydrogens is 364 g/mol. The first-order valence-electron chi connectivity index (χ1n) is 10.4. The van der Waals surface area contributed by atoms with Gasteiger partial charge in [-0.1, -0.05) is 48.5 Å². The van der Waals surface area contributed by atoms with Crippen molar-refractivity contribution in [1.29, 1.82) is 0 Å². The van der Waals surface area contributed by atoms with E-state index in [1.54, 1.807) is 0 Å². The number of fused-ring (bicyclic) bond motifs is 1. The van der Waals surface area contributed by atoms with Crippen LogP contribution in [0.25, 0.3) is 0 Å². The van der Waals surface area contributed by atoms with Gasteiger partial charge < -0.3 is 20.1 Å². The Morgan fingerprint density at radius 1 is 1.07 bits per heavy atom. The zero-order valence-electron chi connectivity index (χ0n) is 17.0. The summed E-state index contributed by atoms with van der Waals surface area (Å²) < 4.78 is 11.6. The van der Waals surface area contributed by atoms with Crippen molar-refractivity contribution in [2.75, 3.05) is 46.4 Å². The molecule has 2 aromatic rings. The lowest BCUT2D eigenvalue weighted by molar-refractivity contribution is 0.0170. The molecule has 0 amide bonds. The number of benzene rings is 2. The van der Waals surface area contributed by atoms with E-state index in [4.69, 9.17) is 9.47 Å². The van der Waals surface area contributed by atoms with Crippen LogP contribution in [0.2, 0.25) is 0 Å². The van der Waals surface area contributed by atoms with Crippen LogP contribution in [-0.2, 0) is 11.2 Å². The zero-order valence-corrected chi connectivity index (χ0v) is 17.0. The van der Waals surface area contributed by atoms with Gasteiger partial charge in [-0.2, -0.15) is 0 Å². The normalized spacial score (nSPS) is 20.6. The molecule has 0 radical (unpaired) electrons. The summed E-state index contributed by atoms with van der Waals surface area (Å²) in [5.74, 6) is 1.80. The van der Waals surface area contributed by atoms with E-state index in [1.807, 2.05) is 19.2 Å². The number of nitrogens with zero attached hydrogens (tertiary/aromatic N) is 2. The average Bonchev–Trinajstić information content (AvgIpc) is 3.20. The van der Waals surface area contributed by atoms with Gasteiger partial charge in [0.15, 0.2) is 5.96 Å². The number of hydrogen-bond donors (Lipinski definition) is 2. The van der Waals surface area contributed by atoms with Gasteiger partial charge in [-0.15, -0.1) is 0 Å². The lowest BCUT2D eigenvalue weighted by atomic mass is 10.0. The highest BCUT2D eigenvalue weighted by atomic mass is 16.5. The number of ether oxygens (including phenoxy) is 2. The Hall–Kier alpha value is -2.57. The van der Waals surface area contributed by atoms with Crippen LogP contribution in [-0.4, -0.2) is 63.4 Å². The number of rotatable bonds is 6. The highest BCUT2D eigenvalue weighted by molar-refractivity contribution is 5.79. The van der Waals surface area contributed by atoms with Crippen molar-refractivity contribution in [3.8, 4) is 5.75 Å². The van der Waals surface area contributed by atoms with E-state index in [1.165, 1.54) is 11.1 Å². The monoisotopic (exact) mass is 394 g/mol. The Morgan fingerprint density at radius 3 is 2.59 bits per heavy atom. The first kappa shape index (κ1) is 19.7. The standard InChI is InChI=1S/C23H30N4O2/c1-24-23(25-16-20-15-19-9-5-6-10-22(19)29-20)26-17-21(18-7-3-2-4-8-18)27-11-13-28-14-12-27/h2-10,20-21H,11-17H2,1H3,(H2,24,25,26). The largest absolute Gasteiger partial charge is 0.488 e. The minimum absolute atomic E-state index is 0.134. The summed E-state index contributed by atoms with van der Waals surface area (Å²) in [6.45, 7) is 4.98. The summed E-state index contributed by atoms with van der Waals surface area (Å²) in [4.78, 5) is 6.89. The fourth-order valence-corrected chi connectivity index (χ4v) is 4.01. The van der Waals surface area contributed by atoms with Crippen molar-refractivity contribution in [3.63, 3.8) is 0 Å². The van der Waals surface area contributed by atoms with Crippen LogP contribution < -0.4 is 15.4 Å². The zero-order chi connectivity index (χ0) is 19.9. The van der Waals surface area contributed by atoms with Crippen molar-refractivity contribution in [3.05, 3.63) is 65.7 Å². The smallest absolute Gasteiger partial charge is 0.191 e. The summed E-state index contributed by atoms with van der Waals surface area (Å²) >= 11 is 0. The van der Waals surface area contributed by atoms with E-state index in [9.17, 15) is 0 Å².